The maximum Gasteiger partial charge on any atom is 0.331 e. The summed E-state index contributed by atoms with van der Waals surface area (Å²) in [5.74, 6) is -0.992. The van der Waals surface area contributed by atoms with E-state index < -0.39 is 18.0 Å². The number of aliphatic imine (C=N–C) groups is 1. The van der Waals surface area contributed by atoms with Crippen LogP contribution in [0.4, 0.5) is 0 Å². The third-order valence-corrected chi connectivity index (χ3v) is 2.61. The van der Waals surface area contributed by atoms with E-state index >= 15 is 0 Å². The third-order valence-electron chi connectivity index (χ3n) is 2.61. The third kappa shape index (κ3) is 9.28. The second kappa shape index (κ2) is 12.4. The molecule has 0 aliphatic carbocycles. The lowest BCUT2D eigenvalue weighted by atomic mass is 10.1. The number of isocyanates is 1. The molecule has 6 nitrogen and oxygen atoms in total. The van der Waals surface area contributed by atoms with Crippen LogP contribution >= 0.6 is 0 Å². The van der Waals surface area contributed by atoms with Crippen molar-refractivity contribution < 1.29 is 23.9 Å². The molecule has 0 heterocycles. The van der Waals surface area contributed by atoms with Crippen LogP contribution in [-0.2, 0) is 23.9 Å². The first-order chi connectivity index (χ1) is 9.65. The van der Waals surface area contributed by atoms with Crippen molar-refractivity contribution in [2.45, 2.75) is 58.4 Å². The Morgan fingerprint density at radius 1 is 1.10 bits per heavy atom. The summed E-state index contributed by atoms with van der Waals surface area (Å²) in [6.45, 7) is 4.63. The molecule has 0 aromatic carbocycles. The Bertz CT molecular complexity index is 336. The molecule has 0 aromatic rings. The van der Waals surface area contributed by atoms with Crippen molar-refractivity contribution >= 4 is 18.0 Å². The Morgan fingerprint density at radius 3 is 2.25 bits per heavy atom. The van der Waals surface area contributed by atoms with E-state index in [0.29, 0.717) is 13.2 Å². The lowest BCUT2D eigenvalue weighted by molar-refractivity contribution is -0.146. The number of ether oxygens (including phenoxy) is 2. The van der Waals surface area contributed by atoms with Gasteiger partial charge >= 0.3 is 11.9 Å². The number of unbranched alkanes of at least 4 members (excludes halogenated alkanes) is 2. The summed E-state index contributed by atoms with van der Waals surface area (Å²) in [5.41, 5.74) is 0. The molecular formula is C14H23NO5. The Kier molecular flexibility index (Phi) is 11.3. The van der Waals surface area contributed by atoms with Gasteiger partial charge in [0.1, 0.15) is 0 Å². The summed E-state index contributed by atoms with van der Waals surface area (Å²) < 4.78 is 9.92. The second-order valence-corrected chi connectivity index (χ2v) is 4.37. The highest BCUT2D eigenvalue weighted by Gasteiger charge is 2.20. The molecule has 6 heteroatoms. The lowest BCUT2D eigenvalue weighted by Gasteiger charge is -2.10. The summed E-state index contributed by atoms with van der Waals surface area (Å²) in [6, 6.07) is -0.969. The number of rotatable bonds is 11. The van der Waals surface area contributed by atoms with Crippen LogP contribution in [0.1, 0.15) is 52.4 Å². The van der Waals surface area contributed by atoms with E-state index in [0.717, 1.165) is 25.7 Å². The van der Waals surface area contributed by atoms with E-state index in [2.05, 4.69) is 4.99 Å². The van der Waals surface area contributed by atoms with Crippen molar-refractivity contribution in [1.29, 1.82) is 0 Å². The van der Waals surface area contributed by atoms with Crippen molar-refractivity contribution in [3.05, 3.63) is 0 Å². The van der Waals surface area contributed by atoms with Gasteiger partial charge in [-0.25, -0.2) is 9.59 Å². The van der Waals surface area contributed by atoms with Gasteiger partial charge in [0.2, 0.25) is 6.08 Å². The quantitative estimate of drug-likeness (QED) is 0.251. The van der Waals surface area contributed by atoms with Gasteiger partial charge in [-0.15, -0.1) is 0 Å². The fourth-order valence-electron chi connectivity index (χ4n) is 1.37. The zero-order valence-corrected chi connectivity index (χ0v) is 12.2. The molecule has 0 rings (SSSR count). The Balaban J connectivity index is 4.10. The molecule has 114 valence electrons. The predicted octanol–water partition coefficient (Wildman–Crippen LogP) is 2.16. The summed E-state index contributed by atoms with van der Waals surface area (Å²) >= 11 is 0. The number of carbonyl (C=O) groups is 2. The Labute approximate surface area is 119 Å². The van der Waals surface area contributed by atoms with Crippen LogP contribution in [-0.4, -0.2) is 37.3 Å². The maximum absolute atomic E-state index is 11.6. The first-order valence-electron chi connectivity index (χ1n) is 7.04. The van der Waals surface area contributed by atoms with Crippen molar-refractivity contribution in [2.24, 2.45) is 4.99 Å². The number of hydrogen-bond donors (Lipinski definition) is 0. The molecule has 0 fully saturated rings. The van der Waals surface area contributed by atoms with Gasteiger partial charge in [0, 0.05) is 6.42 Å². The average Bonchev–Trinajstić information content (AvgIpc) is 2.43. The van der Waals surface area contributed by atoms with Gasteiger partial charge in [-0.2, -0.15) is 4.99 Å². The molecule has 0 N–H and O–H groups in total. The average molecular weight is 285 g/mol. The monoisotopic (exact) mass is 285 g/mol. The van der Waals surface area contributed by atoms with Crippen LogP contribution in [0.2, 0.25) is 0 Å². The standard InChI is InChI=1S/C14H23NO5/c1-3-5-9-19-13(17)8-7-12(15-11-16)14(18)20-10-6-4-2/h12H,3-10H2,1-2H3. The number of hydrogen-bond acceptors (Lipinski definition) is 6. The van der Waals surface area contributed by atoms with Gasteiger partial charge in [0.25, 0.3) is 0 Å². The first-order valence-corrected chi connectivity index (χ1v) is 7.04. The molecule has 0 aromatic heterocycles. The SMILES string of the molecule is CCCCOC(=O)CCC(N=C=O)C(=O)OCCCC. The smallest absolute Gasteiger partial charge is 0.331 e. The van der Waals surface area contributed by atoms with Crippen molar-refractivity contribution in [3.8, 4) is 0 Å². The molecule has 0 aliphatic rings. The highest BCUT2D eigenvalue weighted by atomic mass is 16.5. The highest BCUT2D eigenvalue weighted by Crippen LogP contribution is 2.06. The van der Waals surface area contributed by atoms with Gasteiger partial charge in [-0.1, -0.05) is 26.7 Å². The largest absolute Gasteiger partial charge is 0.466 e. The van der Waals surface area contributed by atoms with Gasteiger partial charge in [0.15, 0.2) is 6.04 Å². The van der Waals surface area contributed by atoms with Crippen LogP contribution in [0, 0.1) is 0 Å². The van der Waals surface area contributed by atoms with Crippen molar-refractivity contribution in [1.82, 2.24) is 0 Å². The number of carbonyl (C=O) groups excluding carboxylic acids is 3. The van der Waals surface area contributed by atoms with Gasteiger partial charge in [0.05, 0.1) is 13.2 Å². The van der Waals surface area contributed by atoms with E-state index in [1.54, 1.807) is 0 Å². The molecule has 0 radical (unpaired) electrons. The molecule has 1 atom stereocenters. The van der Waals surface area contributed by atoms with Crippen molar-refractivity contribution in [2.75, 3.05) is 13.2 Å². The Morgan fingerprint density at radius 2 is 1.70 bits per heavy atom. The van der Waals surface area contributed by atoms with Crippen LogP contribution < -0.4 is 0 Å². The molecule has 1 unspecified atom stereocenters. The summed E-state index contributed by atoms with van der Waals surface area (Å²) in [4.78, 5) is 36.7. The first kappa shape index (κ1) is 18.3. The van der Waals surface area contributed by atoms with E-state index in [1.807, 2.05) is 13.8 Å². The normalized spacial score (nSPS) is 11.3. The molecule has 0 spiro atoms. The molecule has 20 heavy (non-hydrogen) atoms. The fourth-order valence-corrected chi connectivity index (χ4v) is 1.37. The molecule has 0 saturated heterocycles. The minimum Gasteiger partial charge on any atom is -0.466 e. The van der Waals surface area contributed by atoms with Crippen molar-refractivity contribution in [3.63, 3.8) is 0 Å². The van der Waals surface area contributed by atoms with E-state index in [4.69, 9.17) is 9.47 Å². The van der Waals surface area contributed by atoms with E-state index in [1.165, 1.54) is 6.08 Å². The number of esters is 2. The van der Waals surface area contributed by atoms with E-state index in [-0.39, 0.29) is 12.8 Å². The van der Waals surface area contributed by atoms with E-state index in [9.17, 15) is 14.4 Å². The van der Waals surface area contributed by atoms with Gasteiger partial charge < -0.3 is 9.47 Å². The summed E-state index contributed by atoms with van der Waals surface area (Å²) in [7, 11) is 0. The maximum atomic E-state index is 11.6. The van der Waals surface area contributed by atoms with Crippen LogP contribution in [0.25, 0.3) is 0 Å². The van der Waals surface area contributed by atoms with Crippen LogP contribution in [0.3, 0.4) is 0 Å². The second-order valence-electron chi connectivity index (χ2n) is 4.37. The summed E-state index contributed by atoms with van der Waals surface area (Å²) in [6.07, 6.45) is 4.87. The molecule has 0 aliphatic heterocycles. The highest BCUT2D eigenvalue weighted by molar-refractivity contribution is 5.78. The minimum absolute atomic E-state index is 0.0302. The zero-order valence-electron chi connectivity index (χ0n) is 12.2. The Hall–Kier alpha value is -1.68. The van der Waals surface area contributed by atoms with Gasteiger partial charge in [-0.05, 0) is 19.3 Å². The minimum atomic E-state index is -0.969. The molecule has 0 amide bonds. The van der Waals surface area contributed by atoms with Crippen LogP contribution in [0.5, 0.6) is 0 Å². The fraction of sp³-hybridized carbons (Fsp3) is 0.786. The molecular weight excluding hydrogens is 262 g/mol. The predicted molar refractivity (Wildman–Crippen MR) is 72.9 cm³/mol. The summed E-state index contributed by atoms with van der Waals surface area (Å²) in [5, 5.41) is 0. The zero-order chi connectivity index (χ0) is 15.2. The van der Waals surface area contributed by atoms with Crippen LogP contribution in [0.15, 0.2) is 4.99 Å². The number of nitrogens with zero attached hydrogens (tertiary/aromatic N) is 1. The lowest BCUT2D eigenvalue weighted by Crippen LogP contribution is -2.23. The van der Waals surface area contributed by atoms with Gasteiger partial charge in [-0.3, -0.25) is 4.79 Å². The molecule has 0 bridgehead atoms. The topological polar surface area (TPSA) is 82.0 Å². The molecule has 0 saturated carbocycles.